The van der Waals surface area contributed by atoms with E-state index in [4.69, 9.17) is 10.5 Å². The molecule has 0 atom stereocenters. The van der Waals surface area contributed by atoms with E-state index in [1.54, 1.807) is 6.07 Å². The Morgan fingerprint density at radius 2 is 2.19 bits per heavy atom. The summed E-state index contributed by atoms with van der Waals surface area (Å²) in [5, 5.41) is 3.35. The number of ether oxygens (including phenoxy) is 1. The number of rotatable bonds is 7. The Kier molecular flexibility index (Phi) is 6.13. The molecule has 0 saturated heterocycles. The van der Waals surface area contributed by atoms with Gasteiger partial charge in [-0.2, -0.15) is 0 Å². The van der Waals surface area contributed by atoms with Gasteiger partial charge in [-0.1, -0.05) is 19.1 Å². The maximum atomic E-state index is 12.3. The number of benzene rings is 1. The zero-order valence-electron chi connectivity index (χ0n) is 15.7. The number of fused-ring (bicyclic) bond motifs is 1. The van der Waals surface area contributed by atoms with Gasteiger partial charge in [-0.05, 0) is 49.6 Å². The summed E-state index contributed by atoms with van der Waals surface area (Å²) >= 11 is 1.44. The number of nitrogens with two attached hydrogens (primary N) is 1. The standard InChI is InChI=1S/C20H25N3O3S/c1-3-8-23-9-7-15-16(11-23)27-20(18(15)19(21)25)22-17(24)12-26-14-6-4-5-13(2)10-14/h4-6,10H,3,7-9,11-12H2,1-2H3,(H2,21,25)(H,22,24). The van der Waals surface area contributed by atoms with Crippen LogP contribution in [0.15, 0.2) is 24.3 Å². The Morgan fingerprint density at radius 1 is 1.37 bits per heavy atom. The lowest BCUT2D eigenvalue weighted by Crippen LogP contribution is -2.31. The van der Waals surface area contributed by atoms with Crippen LogP contribution in [0.4, 0.5) is 5.00 Å². The highest BCUT2D eigenvalue weighted by Crippen LogP contribution is 2.37. The van der Waals surface area contributed by atoms with E-state index in [9.17, 15) is 9.59 Å². The monoisotopic (exact) mass is 387 g/mol. The van der Waals surface area contributed by atoms with Crippen LogP contribution in [0.3, 0.4) is 0 Å². The van der Waals surface area contributed by atoms with Gasteiger partial charge in [-0.15, -0.1) is 11.3 Å². The average Bonchev–Trinajstić information content (AvgIpc) is 2.97. The minimum Gasteiger partial charge on any atom is -0.484 e. The van der Waals surface area contributed by atoms with Crippen LogP contribution in [0.2, 0.25) is 0 Å². The molecule has 0 fully saturated rings. The summed E-state index contributed by atoms with van der Waals surface area (Å²) in [6.45, 7) is 6.72. The van der Waals surface area contributed by atoms with Gasteiger partial charge in [0.15, 0.2) is 6.61 Å². The molecule has 7 heteroatoms. The summed E-state index contributed by atoms with van der Waals surface area (Å²) in [4.78, 5) is 27.8. The third kappa shape index (κ3) is 4.67. The van der Waals surface area contributed by atoms with Gasteiger partial charge in [0.25, 0.3) is 11.8 Å². The summed E-state index contributed by atoms with van der Waals surface area (Å²) in [5.41, 5.74) is 8.10. The normalized spacial score (nSPS) is 13.9. The van der Waals surface area contributed by atoms with E-state index in [2.05, 4.69) is 17.1 Å². The Labute approximate surface area is 163 Å². The van der Waals surface area contributed by atoms with Crippen LogP contribution >= 0.6 is 11.3 Å². The highest BCUT2D eigenvalue weighted by molar-refractivity contribution is 7.17. The number of nitrogens with zero attached hydrogens (tertiary/aromatic N) is 1. The van der Waals surface area contributed by atoms with E-state index in [1.165, 1.54) is 11.3 Å². The highest BCUT2D eigenvalue weighted by Gasteiger charge is 2.27. The van der Waals surface area contributed by atoms with Crippen LogP contribution in [0.5, 0.6) is 5.75 Å². The van der Waals surface area contributed by atoms with Crippen LogP contribution < -0.4 is 15.8 Å². The first-order valence-electron chi connectivity index (χ1n) is 9.14. The lowest BCUT2D eigenvalue weighted by Gasteiger charge is -2.26. The second kappa shape index (κ2) is 8.54. The minimum atomic E-state index is -0.494. The molecule has 3 N–H and O–H groups in total. The van der Waals surface area contributed by atoms with Gasteiger partial charge in [-0.3, -0.25) is 14.5 Å². The third-order valence-electron chi connectivity index (χ3n) is 4.53. The number of anilines is 1. The third-order valence-corrected chi connectivity index (χ3v) is 5.67. The summed E-state index contributed by atoms with van der Waals surface area (Å²) in [6.07, 6.45) is 1.86. The van der Waals surface area contributed by atoms with Crippen molar-refractivity contribution in [1.82, 2.24) is 4.90 Å². The van der Waals surface area contributed by atoms with E-state index >= 15 is 0 Å². The van der Waals surface area contributed by atoms with Crippen LogP contribution in [-0.2, 0) is 17.8 Å². The van der Waals surface area contributed by atoms with Gasteiger partial charge >= 0.3 is 0 Å². The fraction of sp³-hybridized carbons (Fsp3) is 0.400. The first-order valence-corrected chi connectivity index (χ1v) is 9.95. The zero-order chi connectivity index (χ0) is 19.4. The molecule has 2 aromatic rings. The van der Waals surface area contributed by atoms with E-state index in [1.807, 2.05) is 25.1 Å². The van der Waals surface area contributed by atoms with E-state index < -0.39 is 5.91 Å². The number of amides is 2. The molecule has 3 rings (SSSR count). The average molecular weight is 388 g/mol. The molecule has 2 amide bonds. The predicted octanol–water partition coefficient (Wildman–Crippen LogP) is 2.94. The summed E-state index contributed by atoms with van der Waals surface area (Å²) < 4.78 is 5.54. The van der Waals surface area contributed by atoms with Crippen molar-refractivity contribution in [3.63, 3.8) is 0 Å². The molecule has 6 nitrogen and oxygen atoms in total. The molecule has 0 radical (unpaired) electrons. The smallest absolute Gasteiger partial charge is 0.262 e. The van der Waals surface area contributed by atoms with Crippen LogP contribution in [0.1, 0.15) is 39.7 Å². The molecule has 0 bridgehead atoms. The Balaban J connectivity index is 1.70. The number of primary amides is 1. The molecule has 0 spiro atoms. The van der Waals surface area contributed by atoms with Gasteiger partial charge in [0.2, 0.25) is 0 Å². The molecule has 1 aliphatic rings. The largest absolute Gasteiger partial charge is 0.484 e. The van der Waals surface area contributed by atoms with Crippen LogP contribution in [-0.4, -0.2) is 36.4 Å². The molecular weight excluding hydrogens is 362 g/mol. The van der Waals surface area contributed by atoms with Gasteiger partial charge in [0.1, 0.15) is 10.8 Å². The summed E-state index contributed by atoms with van der Waals surface area (Å²) in [5.74, 6) is -0.157. The molecule has 0 unspecified atom stereocenters. The maximum Gasteiger partial charge on any atom is 0.262 e. The molecular formula is C20H25N3O3S. The second-order valence-corrected chi connectivity index (χ2v) is 7.86. The fourth-order valence-electron chi connectivity index (χ4n) is 3.33. The van der Waals surface area contributed by atoms with Gasteiger partial charge in [0, 0.05) is 18.0 Å². The molecule has 0 saturated carbocycles. The zero-order valence-corrected chi connectivity index (χ0v) is 16.5. The number of carbonyl (C=O) groups is 2. The fourth-order valence-corrected chi connectivity index (χ4v) is 4.64. The molecule has 1 aromatic carbocycles. The molecule has 27 heavy (non-hydrogen) atoms. The van der Waals surface area contributed by atoms with Crippen molar-refractivity contribution >= 4 is 28.2 Å². The van der Waals surface area contributed by atoms with Crippen molar-refractivity contribution in [2.24, 2.45) is 5.73 Å². The van der Waals surface area contributed by atoms with Crippen molar-refractivity contribution in [2.75, 3.05) is 25.0 Å². The minimum absolute atomic E-state index is 0.119. The Bertz CT molecular complexity index is 847. The number of carbonyl (C=O) groups excluding carboxylic acids is 2. The van der Waals surface area contributed by atoms with Gasteiger partial charge < -0.3 is 15.8 Å². The van der Waals surface area contributed by atoms with E-state index in [0.29, 0.717) is 16.3 Å². The summed E-state index contributed by atoms with van der Waals surface area (Å²) in [7, 11) is 0. The van der Waals surface area contributed by atoms with E-state index in [0.717, 1.165) is 48.5 Å². The molecule has 144 valence electrons. The van der Waals surface area contributed by atoms with E-state index in [-0.39, 0.29) is 12.5 Å². The van der Waals surface area contributed by atoms with Crippen molar-refractivity contribution in [1.29, 1.82) is 0 Å². The van der Waals surface area contributed by atoms with Gasteiger partial charge in [-0.25, -0.2) is 0 Å². The topological polar surface area (TPSA) is 84.7 Å². The number of nitrogens with one attached hydrogen (secondary N) is 1. The number of hydrogen-bond acceptors (Lipinski definition) is 5. The van der Waals surface area contributed by atoms with Crippen LogP contribution in [0.25, 0.3) is 0 Å². The van der Waals surface area contributed by atoms with Crippen LogP contribution in [0, 0.1) is 6.92 Å². The Morgan fingerprint density at radius 3 is 2.89 bits per heavy atom. The summed E-state index contributed by atoms with van der Waals surface area (Å²) in [6, 6.07) is 7.52. The first-order chi connectivity index (χ1) is 13.0. The van der Waals surface area contributed by atoms with Crippen molar-refractivity contribution in [3.05, 3.63) is 45.8 Å². The van der Waals surface area contributed by atoms with Gasteiger partial charge in [0.05, 0.1) is 5.56 Å². The Hall–Kier alpha value is -2.38. The number of hydrogen-bond donors (Lipinski definition) is 2. The van der Waals surface area contributed by atoms with Crippen molar-refractivity contribution < 1.29 is 14.3 Å². The number of aryl methyl sites for hydroxylation is 1. The molecule has 0 aliphatic carbocycles. The van der Waals surface area contributed by atoms with Crippen molar-refractivity contribution in [3.8, 4) is 5.75 Å². The molecule has 1 aromatic heterocycles. The lowest BCUT2D eigenvalue weighted by molar-refractivity contribution is -0.118. The quantitative estimate of drug-likeness (QED) is 0.765. The van der Waals surface area contributed by atoms with Crippen molar-refractivity contribution in [2.45, 2.75) is 33.2 Å². The SMILES string of the molecule is CCCN1CCc2c(sc(NC(=O)COc3cccc(C)c3)c2C(N)=O)C1. The lowest BCUT2D eigenvalue weighted by atomic mass is 10.0. The predicted molar refractivity (Wildman–Crippen MR) is 107 cm³/mol. The molecule has 2 heterocycles. The maximum absolute atomic E-state index is 12.3. The first kappa shape index (κ1) is 19.4. The second-order valence-electron chi connectivity index (χ2n) is 6.75. The molecule has 1 aliphatic heterocycles. The highest BCUT2D eigenvalue weighted by atomic mass is 32.1. The number of thiophene rings is 1.